The highest BCUT2D eigenvalue weighted by Crippen LogP contribution is 2.18. The van der Waals surface area contributed by atoms with Crippen LogP contribution in [0.15, 0.2) is 0 Å². The van der Waals surface area contributed by atoms with E-state index in [1.165, 1.54) is 12.8 Å². The average Bonchev–Trinajstić information content (AvgIpc) is 2.18. The number of rotatable bonds is 5. The fourth-order valence-corrected chi connectivity index (χ4v) is 2.47. The maximum atomic E-state index is 11.9. The van der Waals surface area contributed by atoms with Gasteiger partial charge in [-0.15, -0.1) is 0 Å². The molecule has 0 aliphatic carbocycles. The lowest BCUT2D eigenvalue weighted by Gasteiger charge is -2.33. The third-order valence-corrected chi connectivity index (χ3v) is 3.41. The Morgan fingerprint density at radius 1 is 1.39 bits per heavy atom. The predicted octanol–water partition coefficient (Wildman–Crippen LogP) is 1.23. The number of aliphatic carboxylic acids is 1. The predicted molar refractivity (Wildman–Crippen MR) is 69.4 cm³/mol. The average molecular weight is 256 g/mol. The molecule has 18 heavy (non-hydrogen) atoms. The van der Waals surface area contributed by atoms with Crippen molar-refractivity contribution in [1.29, 1.82) is 0 Å². The van der Waals surface area contributed by atoms with E-state index in [2.05, 4.69) is 10.2 Å². The Balaban J connectivity index is 2.43. The van der Waals surface area contributed by atoms with Crippen LogP contribution in [0.25, 0.3) is 0 Å². The highest BCUT2D eigenvalue weighted by molar-refractivity contribution is 5.78. The van der Waals surface area contributed by atoms with Crippen molar-refractivity contribution < 1.29 is 14.7 Å². The molecule has 1 fully saturated rings. The summed E-state index contributed by atoms with van der Waals surface area (Å²) in [7, 11) is 2.04. The first-order valence-corrected chi connectivity index (χ1v) is 6.53. The molecule has 1 heterocycles. The van der Waals surface area contributed by atoms with Crippen LogP contribution in [0.4, 0.5) is 0 Å². The number of likely N-dealkylation sites (tertiary alicyclic amines) is 1. The molecule has 0 saturated carbocycles. The summed E-state index contributed by atoms with van der Waals surface area (Å²) in [6.45, 7) is 4.52. The smallest absolute Gasteiger partial charge is 0.305 e. The lowest BCUT2D eigenvalue weighted by molar-refractivity contribution is -0.138. The molecular weight excluding hydrogens is 232 g/mol. The molecule has 1 aliphatic rings. The summed E-state index contributed by atoms with van der Waals surface area (Å²) in [5.41, 5.74) is -0.684. The maximum Gasteiger partial charge on any atom is 0.305 e. The first kappa shape index (κ1) is 15.0. The lowest BCUT2D eigenvalue weighted by Crippen LogP contribution is -2.47. The summed E-state index contributed by atoms with van der Waals surface area (Å²) in [6, 6.07) is 0.291. The zero-order chi connectivity index (χ0) is 13.8. The zero-order valence-electron chi connectivity index (χ0n) is 11.5. The van der Waals surface area contributed by atoms with Crippen molar-refractivity contribution in [1.82, 2.24) is 10.2 Å². The van der Waals surface area contributed by atoms with Gasteiger partial charge in [0.15, 0.2) is 0 Å². The Kier molecular flexibility index (Phi) is 5.14. The Morgan fingerprint density at radius 2 is 2.06 bits per heavy atom. The largest absolute Gasteiger partial charge is 0.481 e. The summed E-state index contributed by atoms with van der Waals surface area (Å²) in [5.74, 6) is -0.949. The molecule has 1 rings (SSSR count). The van der Waals surface area contributed by atoms with Gasteiger partial charge < -0.3 is 15.3 Å². The van der Waals surface area contributed by atoms with Crippen molar-refractivity contribution in [2.24, 2.45) is 0 Å². The molecule has 104 valence electrons. The molecule has 0 bridgehead atoms. The van der Waals surface area contributed by atoms with E-state index in [-0.39, 0.29) is 12.3 Å². The second kappa shape index (κ2) is 6.18. The molecule has 0 radical (unpaired) electrons. The van der Waals surface area contributed by atoms with Gasteiger partial charge in [-0.2, -0.15) is 0 Å². The van der Waals surface area contributed by atoms with Gasteiger partial charge in [-0.05, 0) is 40.3 Å². The van der Waals surface area contributed by atoms with Gasteiger partial charge in [-0.25, -0.2) is 0 Å². The first-order valence-electron chi connectivity index (χ1n) is 6.53. The van der Waals surface area contributed by atoms with E-state index in [0.717, 1.165) is 13.0 Å². The molecule has 0 aromatic rings. The summed E-state index contributed by atoms with van der Waals surface area (Å²) >= 11 is 0. The molecule has 1 unspecified atom stereocenters. The molecule has 1 amide bonds. The molecule has 0 aromatic carbocycles. The summed E-state index contributed by atoms with van der Waals surface area (Å²) in [5, 5.41) is 11.6. The van der Waals surface area contributed by atoms with Crippen molar-refractivity contribution in [3.63, 3.8) is 0 Å². The number of nitrogens with one attached hydrogen (secondary N) is 1. The van der Waals surface area contributed by atoms with Crippen molar-refractivity contribution in [3.8, 4) is 0 Å². The van der Waals surface area contributed by atoms with Crippen LogP contribution in [0.5, 0.6) is 0 Å². The van der Waals surface area contributed by atoms with Crippen LogP contribution in [0, 0.1) is 0 Å². The number of piperidine rings is 1. The Hall–Kier alpha value is -1.10. The van der Waals surface area contributed by atoms with Crippen molar-refractivity contribution in [3.05, 3.63) is 0 Å². The molecule has 5 heteroatoms. The minimum absolute atomic E-state index is 0.0556. The molecule has 1 atom stereocenters. The first-order chi connectivity index (χ1) is 8.30. The number of amides is 1. The van der Waals surface area contributed by atoms with Crippen molar-refractivity contribution >= 4 is 11.9 Å². The maximum absolute atomic E-state index is 11.9. The zero-order valence-corrected chi connectivity index (χ0v) is 11.5. The fraction of sp³-hybridized carbons (Fsp3) is 0.846. The van der Waals surface area contributed by atoms with E-state index in [1.807, 2.05) is 7.05 Å². The topological polar surface area (TPSA) is 69.6 Å². The van der Waals surface area contributed by atoms with Gasteiger partial charge in [0.1, 0.15) is 0 Å². The number of hydrogen-bond acceptors (Lipinski definition) is 3. The van der Waals surface area contributed by atoms with Crippen LogP contribution < -0.4 is 5.32 Å². The minimum Gasteiger partial charge on any atom is -0.481 e. The molecule has 1 saturated heterocycles. The number of carboxylic acid groups (broad SMARTS) is 1. The van der Waals surface area contributed by atoms with E-state index in [4.69, 9.17) is 5.11 Å². The number of carbonyl (C=O) groups is 2. The van der Waals surface area contributed by atoms with Crippen LogP contribution in [-0.4, -0.2) is 47.1 Å². The van der Waals surface area contributed by atoms with Gasteiger partial charge in [0.25, 0.3) is 0 Å². The van der Waals surface area contributed by atoms with Gasteiger partial charge in [-0.3, -0.25) is 9.59 Å². The molecule has 0 spiro atoms. The van der Waals surface area contributed by atoms with E-state index < -0.39 is 11.5 Å². The number of hydrogen-bond donors (Lipinski definition) is 2. The number of carbonyl (C=O) groups excluding carboxylic acids is 1. The lowest BCUT2D eigenvalue weighted by atomic mass is 9.97. The molecule has 1 aliphatic heterocycles. The van der Waals surface area contributed by atoms with E-state index in [9.17, 15) is 9.59 Å². The fourth-order valence-electron chi connectivity index (χ4n) is 2.47. The summed E-state index contributed by atoms with van der Waals surface area (Å²) in [6.07, 6.45) is 3.81. The third kappa shape index (κ3) is 5.04. The molecular formula is C13H24N2O3. The Bertz CT molecular complexity index is 315. The van der Waals surface area contributed by atoms with Crippen LogP contribution >= 0.6 is 0 Å². The van der Waals surface area contributed by atoms with E-state index in [0.29, 0.717) is 12.5 Å². The summed E-state index contributed by atoms with van der Waals surface area (Å²) in [4.78, 5) is 24.8. The number of nitrogens with zero attached hydrogens (tertiary/aromatic N) is 1. The van der Waals surface area contributed by atoms with Crippen molar-refractivity contribution in [2.75, 3.05) is 13.6 Å². The highest BCUT2D eigenvalue weighted by atomic mass is 16.4. The van der Waals surface area contributed by atoms with E-state index >= 15 is 0 Å². The highest BCUT2D eigenvalue weighted by Gasteiger charge is 2.27. The SMILES string of the molecule is CN1CCCCC1CC(=O)NC(C)(C)CC(=O)O. The van der Waals surface area contributed by atoms with Crippen LogP contribution in [0.2, 0.25) is 0 Å². The van der Waals surface area contributed by atoms with Crippen LogP contribution in [0.3, 0.4) is 0 Å². The Labute approximate surface area is 109 Å². The third-order valence-electron chi connectivity index (χ3n) is 3.41. The van der Waals surface area contributed by atoms with Crippen LogP contribution in [-0.2, 0) is 9.59 Å². The number of carboxylic acids is 1. The second-order valence-corrected chi connectivity index (χ2v) is 5.84. The minimum atomic E-state index is -0.893. The van der Waals surface area contributed by atoms with Gasteiger partial charge in [0, 0.05) is 18.0 Å². The molecule has 0 aromatic heterocycles. The van der Waals surface area contributed by atoms with Gasteiger partial charge in [0.05, 0.1) is 6.42 Å². The van der Waals surface area contributed by atoms with Crippen molar-refractivity contribution in [2.45, 2.75) is 57.5 Å². The molecule has 5 nitrogen and oxygen atoms in total. The standard InChI is InChI=1S/C13H24N2O3/c1-13(2,9-12(17)18)14-11(16)8-10-6-4-5-7-15(10)3/h10H,4-9H2,1-3H3,(H,14,16)(H,17,18). The summed E-state index contributed by atoms with van der Waals surface area (Å²) < 4.78 is 0. The van der Waals surface area contributed by atoms with Gasteiger partial charge in [-0.1, -0.05) is 6.42 Å². The van der Waals surface area contributed by atoms with Crippen LogP contribution in [0.1, 0.15) is 46.0 Å². The molecule has 2 N–H and O–H groups in total. The Morgan fingerprint density at radius 3 is 2.61 bits per heavy atom. The monoisotopic (exact) mass is 256 g/mol. The van der Waals surface area contributed by atoms with E-state index in [1.54, 1.807) is 13.8 Å². The van der Waals surface area contributed by atoms with Gasteiger partial charge in [0.2, 0.25) is 5.91 Å². The normalized spacial score (nSPS) is 21.6. The second-order valence-electron chi connectivity index (χ2n) is 5.84. The quantitative estimate of drug-likeness (QED) is 0.776. The van der Waals surface area contributed by atoms with Gasteiger partial charge >= 0.3 is 5.97 Å².